The lowest BCUT2D eigenvalue weighted by Crippen LogP contribution is -2.66. The lowest BCUT2D eigenvalue weighted by molar-refractivity contribution is -0.0874. The van der Waals surface area contributed by atoms with Crippen LogP contribution in [0.5, 0.6) is 0 Å². The number of unbranched alkanes of at least 4 members (excludes halogenated alkanes) is 6. The van der Waals surface area contributed by atoms with E-state index in [4.69, 9.17) is 5.73 Å². The molecule has 5 N–H and O–H groups in total. The number of hydrogen-bond donors (Lipinski definition) is 4. The summed E-state index contributed by atoms with van der Waals surface area (Å²) in [4.78, 5) is 0. The van der Waals surface area contributed by atoms with Crippen molar-refractivity contribution >= 4 is 0 Å². The normalized spacial score (nSPS) is 18.4. The SMILES string of the molecule is CCCCCC(O)C(N)(C(O)CCCCC)C(O)CCCCC. The fourth-order valence-electron chi connectivity index (χ4n) is 3.18. The molecule has 0 saturated carbocycles. The van der Waals surface area contributed by atoms with Gasteiger partial charge >= 0.3 is 0 Å². The second kappa shape index (κ2) is 13.2. The highest BCUT2D eigenvalue weighted by Gasteiger charge is 2.45. The lowest BCUT2D eigenvalue weighted by atomic mass is 9.76. The molecule has 0 fully saturated rings. The molecule has 23 heavy (non-hydrogen) atoms. The van der Waals surface area contributed by atoms with Crippen LogP contribution in [0.15, 0.2) is 0 Å². The van der Waals surface area contributed by atoms with Crippen LogP contribution in [0.2, 0.25) is 0 Å². The van der Waals surface area contributed by atoms with Crippen LogP contribution < -0.4 is 5.73 Å². The van der Waals surface area contributed by atoms with Crippen LogP contribution in [-0.2, 0) is 0 Å². The molecule has 4 heteroatoms. The Labute approximate surface area is 143 Å². The molecule has 0 aliphatic heterocycles. The molecule has 3 unspecified atom stereocenters. The first kappa shape index (κ1) is 22.8. The second-order valence-corrected chi connectivity index (χ2v) is 7.03. The predicted molar refractivity (Wildman–Crippen MR) is 97.4 cm³/mol. The summed E-state index contributed by atoms with van der Waals surface area (Å²) in [6, 6.07) is 0. The van der Waals surface area contributed by atoms with E-state index in [1.807, 2.05) is 0 Å². The van der Waals surface area contributed by atoms with Crippen LogP contribution in [0.25, 0.3) is 0 Å². The Hall–Kier alpha value is -0.160. The maximum atomic E-state index is 10.6. The quantitative estimate of drug-likeness (QED) is 0.346. The highest BCUT2D eigenvalue weighted by Crippen LogP contribution is 2.28. The minimum atomic E-state index is -1.31. The van der Waals surface area contributed by atoms with Gasteiger partial charge in [0.25, 0.3) is 0 Å². The van der Waals surface area contributed by atoms with Gasteiger partial charge in [0.15, 0.2) is 0 Å². The summed E-state index contributed by atoms with van der Waals surface area (Å²) in [5, 5.41) is 31.8. The van der Waals surface area contributed by atoms with Gasteiger partial charge in [0.2, 0.25) is 0 Å². The standard InChI is InChI=1S/C19H41NO3/c1-4-7-10-13-16(21)19(20,17(22)14-11-8-5-2)18(23)15-12-9-6-3/h16-18,21-23H,4-15,20H2,1-3H3. The maximum absolute atomic E-state index is 10.6. The van der Waals surface area contributed by atoms with E-state index in [1.165, 1.54) is 0 Å². The van der Waals surface area contributed by atoms with E-state index < -0.39 is 23.9 Å². The summed E-state index contributed by atoms with van der Waals surface area (Å²) in [5.41, 5.74) is 5.11. The highest BCUT2D eigenvalue weighted by atomic mass is 16.3. The van der Waals surface area contributed by atoms with Crippen LogP contribution in [0.4, 0.5) is 0 Å². The van der Waals surface area contributed by atoms with Crippen LogP contribution in [0, 0.1) is 0 Å². The highest BCUT2D eigenvalue weighted by molar-refractivity contribution is 5.03. The number of aliphatic hydroxyl groups is 3. The fraction of sp³-hybridized carbons (Fsp3) is 1.00. The van der Waals surface area contributed by atoms with E-state index in [9.17, 15) is 15.3 Å². The summed E-state index contributed by atoms with van der Waals surface area (Å²) < 4.78 is 0. The van der Waals surface area contributed by atoms with Gasteiger partial charge < -0.3 is 21.1 Å². The molecule has 0 aliphatic rings. The van der Waals surface area contributed by atoms with Crippen molar-refractivity contribution in [2.45, 2.75) is 122 Å². The minimum absolute atomic E-state index is 0.542. The third-order valence-electron chi connectivity index (χ3n) is 4.97. The van der Waals surface area contributed by atoms with Crippen molar-refractivity contribution in [2.75, 3.05) is 0 Å². The van der Waals surface area contributed by atoms with E-state index in [0.717, 1.165) is 57.8 Å². The largest absolute Gasteiger partial charge is 0.391 e. The van der Waals surface area contributed by atoms with Gasteiger partial charge in [0, 0.05) is 0 Å². The van der Waals surface area contributed by atoms with E-state index in [1.54, 1.807) is 0 Å². The molecule has 0 aromatic heterocycles. The van der Waals surface area contributed by atoms with Gasteiger partial charge in [0.1, 0.15) is 0 Å². The maximum Gasteiger partial charge on any atom is 0.0942 e. The molecular weight excluding hydrogens is 290 g/mol. The van der Waals surface area contributed by atoms with Crippen molar-refractivity contribution in [1.82, 2.24) is 0 Å². The molecule has 0 bridgehead atoms. The Morgan fingerprint density at radius 1 is 0.609 bits per heavy atom. The third kappa shape index (κ3) is 7.97. The number of nitrogens with two attached hydrogens (primary N) is 1. The van der Waals surface area contributed by atoms with Crippen LogP contribution in [0.1, 0.15) is 97.8 Å². The van der Waals surface area contributed by atoms with Gasteiger partial charge in [-0.2, -0.15) is 0 Å². The Bertz CT molecular complexity index is 233. The van der Waals surface area contributed by atoms with Crippen LogP contribution in [0.3, 0.4) is 0 Å². The van der Waals surface area contributed by atoms with E-state index in [2.05, 4.69) is 20.8 Å². The first-order chi connectivity index (χ1) is 10.9. The van der Waals surface area contributed by atoms with Gasteiger partial charge in [0.05, 0.1) is 23.9 Å². The molecule has 0 radical (unpaired) electrons. The van der Waals surface area contributed by atoms with Crippen molar-refractivity contribution < 1.29 is 15.3 Å². The van der Waals surface area contributed by atoms with Gasteiger partial charge in [-0.25, -0.2) is 0 Å². The smallest absolute Gasteiger partial charge is 0.0942 e. The minimum Gasteiger partial charge on any atom is -0.391 e. The third-order valence-corrected chi connectivity index (χ3v) is 4.97. The zero-order valence-electron chi connectivity index (χ0n) is 15.6. The van der Waals surface area contributed by atoms with Crippen LogP contribution >= 0.6 is 0 Å². The van der Waals surface area contributed by atoms with Gasteiger partial charge in [-0.05, 0) is 19.3 Å². The molecule has 4 nitrogen and oxygen atoms in total. The topological polar surface area (TPSA) is 86.7 Å². The van der Waals surface area contributed by atoms with Crippen molar-refractivity contribution in [2.24, 2.45) is 5.73 Å². The summed E-state index contributed by atoms with van der Waals surface area (Å²) in [5.74, 6) is 0. The van der Waals surface area contributed by atoms with Crippen molar-refractivity contribution in [3.05, 3.63) is 0 Å². The number of rotatable bonds is 15. The number of hydrogen-bond acceptors (Lipinski definition) is 4. The van der Waals surface area contributed by atoms with E-state index in [-0.39, 0.29) is 0 Å². The molecule has 0 aliphatic carbocycles. The summed E-state index contributed by atoms with van der Waals surface area (Å²) >= 11 is 0. The molecule has 0 spiro atoms. The average molecular weight is 332 g/mol. The van der Waals surface area contributed by atoms with Gasteiger partial charge in [-0.3, -0.25) is 0 Å². The summed E-state index contributed by atoms with van der Waals surface area (Å²) in [6.45, 7) is 6.34. The Kier molecular flexibility index (Phi) is 13.1. The van der Waals surface area contributed by atoms with Crippen LogP contribution in [-0.4, -0.2) is 39.2 Å². The van der Waals surface area contributed by atoms with Crippen molar-refractivity contribution in [1.29, 1.82) is 0 Å². The molecule has 0 aromatic rings. The molecule has 0 aromatic carbocycles. The second-order valence-electron chi connectivity index (χ2n) is 7.03. The summed E-state index contributed by atoms with van der Waals surface area (Å²) in [7, 11) is 0. The fourth-order valence-corrected chi connectivity index (χ4v) is 3.18. The molecule has 0 heterocycles. The summed E-state index contributed by atoms with van der Waals surface area (Å²) in [6.07, 6.45) is 7.99. The molecule has 0 rings (SSSR count). The zero-order valence-corrected chi connectivity index (χ0v) is 15.6. The number of aliphatic hydroxyl groups excluding tert-OH is 3. The molecule has 0 saturated heterocycles. The zero-order chi connectivity index (χ0) is 17.7. The Morgan fingerprint density at radius 3 is 1.09 bits per heavy atom. The molecule has 3 atom stereocenters. The monoisotopic (exact) mass is 331 g/mol. The first-order valence-corrected chi connectivity index (χ1v) is 9.78. The average Bonchev–Trinajstić information content (AvgIpc) is 2.54. The molecule has 140 valence electrons. The first-order valence-electron chi connectivity index (χ1n) is 9.78. The Balaban J connectivity index is 4.84. The Morgan fingerprint density at radius 2 is 0.870 bits per heavy atom. The lowest BCUT2D eigenvalue weighted by Gasteiger charge is -2.42. The van der Waals surface area contributed by atoms with E-state index in [0.29, 0.717) is 19.3 Å². The molecule has 0 amide bonds. The van der Waals surface area contributed by atoms with Crippen molar-refractivity contribution in [3.8, 4) is 0 Å². The molecular formula is C19H41NO3. The van der Waals surface area contributed by atoms with Gasteiger partial charge in [-0.15, -0.1) is 0 Å². The van der Waals surface area contributed by atoms with Gasteiger partial charge in [-0.1, -0.05) is 78.6 Å². The predicted octanol–water partition coefficient (Wildman–Crippen LogP) is 3.51. The van der Waals surface area contributed by atoms with Crippen molar-refractivity contribution in [3.63, 3.8) is 0 Å². The van der Waals surface area contributed by atoms with E-state index >= 15 is 0 Å².